The van der Waals surface area contributed by atoms with E-state index >= 15 is 0 Å². The maximum Gasteiger partial charge on any atom is 0.355 e. The van der Waals surface area contributed by atoms with Crippen LogP contribution in [0.25, 0.3) is 10.9 Å². The van der Waals surface area contributed by atoms with Gasteiger partial charge in [0.05, 0.1) is 6.04 Å². The van der Waals surface area contributed by atoms with Crippen LogP contribution in [-0.2, 0) is 9.53 Å². The molecule has 0 bridgehead atoms. The van der Waals surface area contributed by atoms with Gasteiger partial charge in [0.1, 0.15) is 5.69 Å². The topological polar surface area (TPSA) is 71.2 Å². The summed E-state index contributed by atoms with van der Waals surface area (Å²) in [5.74, 6) is -1.01. The van der Waals surface area contributed by atoms with Crippen molar-refractivity contribution in [1.82, 2.24) is 10.3 Å². The van der Waals surface area contributed by atoms with Crippen molar-refractivity contribution in [2.45, 2.75) is 13.0 Å². The van der Waals surface area contributed by atoms with Gasteiger partial charge in [0, 0.05) is 20.9 Å². The lowest BCUT2D eigenvalue weighted by molar-refractivity contribution is -0.124. The number of fused-ring (bicyclic) bond motifs is 1. The molecule has 0 unspecified atom stereocenters. The number of aromatic amines is 1. The number of aromatic nitrogens is 1. The van der Waals surface area contributed by atoms with Crippen molar-refractivity contribution in [2.75, 3.05) is 6.61 Å². The number of H-pyrrole nitrogens is 1. The van der Waals surface area contributed by atoms with E-state index in [4.69, 9.17) is 27.9 Å². The van der Waals surface area contributed by atoms with Gasteiger partial charge < -0.3 is 15.0 Å². The molecule has 3 rings (SSSR count). The molecule has 0 fully saturated rings. The van der Waals surface area contributed by atoms with E-state index in [2.05, 4.69) is 10.3 Å². The van der Waals surface area contributed by atoms with Gasteiger partial charge in [-0.2, -0.15) is 0 Å². The molecule has 1 heterocycles. The van der Waals surface area contributed by atoms with E-state index in [1.807, 2.05) is 24.3 Å². The Morgan fingerprint density at radius 2 is 1.92 bits per heavy atom. The summed E-state index contributed by atoms with van der Waals surface area (Å²) in [6.07, 6.45) is 0. The maximum atomic E-state index is 12.1. The second-order valence-corrected chi connectivity index (χ2v) is 6.65. The van der Waals surface area contributed by atoms with Crippen molar-refractivity contribution in [3.05, 3.63) is 69.8 Å². The van der Waals surface area contributed by atoms with E-state index in [1.165, 1.54) is 0 Å². The third-order valence-electron chi connectivity index (χ3n) is 3.89. The Labute approximate surface area is 160 Å². The summed E-state index contributed by atoms with van der Waals surface area (Å²) in [6.45, 7) is 1.40. The molecular formula is C19H16Cl2N2O3. The highest BCUT2D eigenvalue weighted by Crippen LogP contribution is 2.26. The number of rotatable bonds is 5. The highest BCUT2D eigenvalue weighted by atomic mass is 35.5. The highest BCUT2D eigenvalue weighted by Gasteiger charge is 2.16. The van der Waals surface area contributed by atoms with Gasteiger partial charge in [-0.3, -0.25) is 4.79 Å². The number of esters is 1. The van der Waals surface area contributed by atoms with Crippen molar-refractivity contribution >= 4 is 46.0 Å². The number of nitrogens with one attached hydrogen (secondary N) is 2. The normalized spacial score (nSPS) is 12.0. The van der Waals surface area contributed by atoms with Crippen molar-refractivity contribution in [1.29, 1.82) is 0 Å². The largest absolute Gasteiger partial charge is 0.451 e. The zero-order chi connectivity index (χ0) is 18.7. The number of benzene rings is 2. The fourth-order valence-electron chi connectivity index (χ4n) is 2.61. The van der Waals surface area contributed by atoms with Crippen LogP contribution in [0.15, 0.2) is 48.5 Å². The summed E-state index contributed by atoms with van der Waals surface area (Å²) in [7, 11) is 0. The zero-order valence-corrected chi connectivity index (χ0v) is 15.4. The van der Waals surface area contributed by atoms with Gasteiger partial charge in [-0.05, 0) is 36.8 Å². The van der Waals surface area contributed by atoms with Gasteiger partial charge >= 0.3 is 5.97 Å². The lowest BCUT2D eigenvalue weighted by Crippen LogP contribution is -2.31. The van der Waals surface area contributed by atoms with Gasteiger partial charge in [0.15, 0.2) is 6.61 Å². The summed E-state index contributed by atoms with van der Waals surface area (Å²) in [5.41, 5.74) is 1.86. The van der Waals surface area contributed by atoms with Gasteiger partial charge in [-0.15, -0.1) is 0 Å². The molecule has 5 nitrogen and oxygen atoms in total. The predicted octanol–water partition coefficient (Wildman–Crippen LogP) is 4.51. The molecule has 0 aliphatic heterocycles. The Morgan fingerprint density at radius 3 is 2.65 bits per heavy atom. The van der Waals surface area contributed by atoms with Crippen molar-refractivity contribution in [2.24, 2.45) is 0 Å². The highest BCUT2D eigenvalue weighted by molar-refractivity contribution is 6.35. The number of ether oxygens (including phenoxy) is 1. The zero-order valence-electron chi connectivity index (χ0n) is 13.9. The lowest BCUT2D eigenvalue weighted by atomic mass is 10.1. The minimum absolute atomic E-state index is 0.299. The number of carbonyl (C=O) groups is 2. The van der Waals surface area contributed by atoms with Crippen molar-refractivity contribution in [3.8, 4) is 0 Å². The minimum atomic E-state index is -0.589. The molecule has 0 aliphatic rings. The van der Waals surface area contributed by atoms with Crippen LogP contribution in [0.1, 0.15) is 29.0 Å². The molecule has 2 aromatic carbocycles. The van der Waals surface area contributed by atoms with Crippen LogP contribution in [-0.4, -0.2) is 23.5 Å². The first-order valence-corrected chi connectivity index (χ1v) is 8.69. The molecule has 0 saturated heterocycles. The predicted molar refractivity (Wildman–Crippen MR) is 102 cm³/mol. The second-order valence-electron chi connectivity index (χ2n) is 5.80. The number of halogens is 2. The van der Waals surface area contributed by atoms with Crippen LogP contribution in [0.2, 0.25) is 10.0 Å². The van der Waals surface area contributed by atoms with E-state index in [0.717, 1.165) is 16.5 Å². The van der Waals surface area contributed by atoms with Crippen LogP contribution in [0.3, 0.4) is 0 Å². The van der Waals surface area contributed by atoms with Crippen molar-refractivity contribution < 1.29 is 14.3 Å². The molecule has 134 valence electrons. The standard InChI is InChI=1S/C19H16Cl2N2O3/c1-11(14-7-6-13(20)9-15(14)21)22-18(24)10-26-19(25)17-8-12-4-2-3-5-16(12)23-17/h2-9,11,23H,10H2,1H3,(H,22,24)/t11-/m0/s1. The van der Waals surface area contributed by atoms with E-state index in [0.29, 0.717) is 15.7 Å². The Hall–Kier alpha value is -2.50. The van der Waals surface area contributed by atoms with Crippen LogP contribution < -0.4 is 5.32 Å². The Kier molecular flexibility index (Phi) is 5.49. The van der Waals surface area contributed by atoms with Gasteiger partial charge in [0.2, 0.25) is 0 Å². The fourth-order valence-corrected chi connectivity index (χ4v) is 3.18. The minimum Gasteiger partial charge on any atom is -0.451 e. The van der Waals surface area contributed by atoms with E-state index in [1.54, 1.807) is 31.2 Å². The molecule has 0 spiro atoms. The SMILES string of the molecule is C[C@H](NC(=O)COC(=O)c1cc2ccccc2[nH]1)c1ccc(Cl)cc1Cl. The molecule has 3 aromatic rings. The van der Waals surface area contributed by atoms with Crippen LogP contribution in [0, 0.1) is 0 Å². The molecule has 0 saturated carbocycles. The molecule has 0 radical (unpaired) electrons. The van der Waals surface area contributed by atoms with Gasteiger partial charge in [-0.1, -0.05) is 47.5 Å². The number of carbonyl (C=O) groups excluding carboxylic acids is 2. The first kappa shape index (κ1) is 18.3. The summed E-state index contributed by atoms with van der Waals surface area (Å²) in [6, 6.07) is 13.9. The molecule has 26 heavy (non-hydrogen) atoms. The van der Waals surface area contributed by atoms with Crippen LogP contribution in [0.4, 0.5) is 0 Å². The third kappa shape index (κ3) is 4.18. The van der Waals surface area contributed by atoms with E-state index in [-0.39, 0.29) is 12.6 Å². The summed E-state index contributed by atoms with van der Waals surface area (Å²) >= 11 is 12.0. The molecular weight excluding hydrogens is 375 g/mol. The number of para-hydroxylation sites is 1. The molecule has 2 N–H and O–H groups in total. The van der Waals surface area contributed by atoms with Crippen LogP contribution >= 0.6 is 23.2 Å². The Bertz CT molecular complexity index is 935. The first-order chi connectivity index (χ1) is 12.4. The Balaban J connectivity index is 1.57. The average Bonchev–Trinajstić information content (AvgIpc) is 3.03. The van der Waals surface area contributed by atoms with E-state index < -0.39 is 11.9 Å². The number of hydrogen-bond donors (Lipinski definition) is 2. The summed E-state index contributed by atoms with van der Waals surface area (Å²) in [4.78, 5) is 27.1. The first-order valence-electron chi connectivity index (χ1n) is 7.93. The molecule has 1 amide bonds. The summed E-state index contributed by atoms with van der Waals surface area (Å²) in [5, 5.41) is 4.61. The maximum absolute atomic E-state index is 12.1. The molecule has 0 aliphatic carbocycles. The Morgan fingerprint density at radius 1 is 1.15 bits per heavy atom. The quantitative estimate of drug-likeness (QED) is 0.629. The molecule has 1 atom stereocenters. The second kappa shape index (κ2) is 7.81. The number of amides is 1. The fraction of sp³-hybridized carbons (Fsp3) is 0.158. The van der Waals surface area contributed by atoms with Gasteiger partial charge in [-0.25, -0.2) is 4.79 Å². The molecule has 1 aromatic heterocycles. The average molecular weight is 391 g/mol. The lowest BCUT2D eigenvalue weighted by Gasteiger charge is -2.16. The number of hydrogen-bond acceptors (Lipinski definition) is 3. The third-order valence-corrected chi connectivity index (χ3v) is 4.45. The smallest absolute Gasteiger partial charge is 0.355 e. The van der Waals surface area contributed by atoms with Crippen molar-refractivity contribution in [3.63, 3.8) is 0 Å². The van der Waals surface area contributed by atoms with Crippen LogP contribution in [0.5, 0.6) is 0 Å². The monoisotopic (exact) mass is 390 g/mol. The summed E-state index contributed by atoms with van der Waals surface area (Å²) < 4.78 is 5.07. The molecule has 7 heteroatoms. The van der Waals surface area contributed by atoms with Gasteiger partial charge in [0.25, 0.3) is 5.91 Å². The van der Waals surface area contributed by atoms with E-state index in [9.17, 15) is 9.59 Å².